The maximum atomic E-state index is 13.4. The van der Waals surface area contributed by atoms with Crippen molar-refractivity contribution in [3.05, 3.63) is 46.1 Å². The van der Waals surface area contributed by atoms with Crippen LogP contribution in [0.2, 0.25) is 10.0 Å². The van der Waals surface area contributed by atoms with Crippen molar-refractivity contribution < 1.29 is 39.5 Å². The van der Waals surface area contributed by atoms with Crippen LogP contribution in [0.15, 0.2) is 30.5 Å². The Kier molecular flexibility index (Phi) is 10.4. The molecule has 0 spiro atoms. The van der Waals surface area contributed by atoms with Gasteiger partial charge in [0, 0.05) is 29.2 Å². The number of carbonyl (C=O) groups is 2. The maximum Gasteiger partial charge on any atom is 0.259 e. The van der Waals surface area contributed by atoms with E-state index in [1.807, 2.05) is 0 Å². The van der Waals surface area contributed by atoms with Gasteiger partial charge in [-0.2, -0.15) is 0 Å². The molecule has 224 valence electrons. The molecule has 0 bridgehead atoms. The summed E-state index contributed by atoms with van der Waals surface area (Å²) in [7, 11) is 0. The summed E-state index contributed by atoms with van der Waals surface area (Å²) in [5, 5.41) is 46.3. The first-order valence-electron chi connectivity index (χ1n) is 13.3. The molecule has 1 aromatic carbocycles. The lowest BCUT2D eigenvalue weighted by Crippen LogP contribution is -2.60. The fourth-order valence-electron chi connectivity index (χ4n) is 4.81. The van der Waals surface area contributed by atoms with Crippen LogP contribution in [0.3, 0.4) is 0 Å². The predicted octanol–water partition coefficient (Wildman–Crippen LogP) is 1.88. The van der Waals surface area contributed by atoms with Gasteiger partial charge in [0.15, 0.2) is 0 Å². The standard InChI is InChI=1S/C27H34Cl2N4O8/c1-13(2)33-7-5-14(6-8-33)25(38)32-21-17(26(39)31-20-4-3-15(28)11-30-20)9-16(29)10-18(21)40-27-24(37)23(36)22(35)19(12-34)41-27/h3-4,9-11,13-14,19,22-24,27,34-37H,5-8,12H2,1-2H3,(H,32,38)(H,30,31,39)/t19-,22-,23+,24-,27-/m1/s1. The number of amides is 2. The number of hydrogen-bond acceptors (Lipinski definition) is 10. The topological polar surface area (TPSA) is 174 Å². The highest BCUT2D eigenvalue weighted by Crippen LogP contribution is 2.37. The minimum atomic E-state index is -1.73. The second-order valence-electron chi connectivity index (χ2n) is 10.4. The highest BCUT2D eigenvalue weighted by Gasteiger charge is 2.45. The fourth-order valence-corrected chi connectivity index (χ4v) is 5.13. The first-order valence-corrected chi connectivity index (χ1v) is 14.0. The Labute approximate surface area is 247 Å². The first-order chi connectivity index (χ1) is 19.5. The second kappa shape index (κ2) is 13.6. The molecule has 5 atom stereocenters. The summed E-state index contributed by atoms with van der Waals surface area (Å²) < 4.78 is 11.3. The number of hydrogen-bond donors (Lipinski definition) is 6. The summed E-state index contributed by atoms with van der Waals surface area (Å²) in [6, 6.07) is 6.05. The smallest absolute Gasteiger partial charge is 0.259 e. The molecule has 1 aromatic heterocycles. The van der Waals surface area contributed by atoms with E-state index in [2.05, 4.69) is 34.4 Å². The van der Waals surface area contributed by atoms with Crippen LogP contribution in [0.4, 0.5) is 11.5 Å². The molecule has 0 radical (unpaired) electrons. The van der Waals surface area contributed by atoms with Crippen LogP contribution in [-0.4, -0.2) is 98.6 Å². The first kappa shape index (κ1) is 31.4. The number of rotatable bonds is 8. The van der Waals surface area contributed by atoms with E-state index in [0.717, 1.165) is 13.1 Å². The highest BCUT2D eigenvalue weighted by molar-refractivity contribution is 6.32. The Balaban J connectivity index is 1.66. The van der Waals surface area contributed by atoms with E-state index in [1.165, 1.54) is 24.4 Å². The van der Waals surface area contributed by atoms with Crippen molar-refractivity contribution in [1.82, 2.24) is 9.88 Å². The van der Waals surface area contributed by atoms with Crippen molar-refractivity contribution in [2.75, 3.05) is 30.3 Å². The number of pyridine rings is 1. The lowest BCUT2D eigenvalue weighted by Gasteiger charge is -2.39. The number of piperidine rings is 1. The van der Waals surface area contributed by atoms with E-state index in [-0.39, 0.29) is 39.7 Å². The summed E-state index contributed by atoms with van der Waals surface area (Å²) in [4.78, 5) is 33.2. The predicted molar refractivity (Wildman–Crippen MR) is 151 cm³/mol. The molecule has 41 heavy (non-hydrogen) atoms. The fraction of sp³-hybridized carbons (Fsp3) is 0.519. The van der Waals surface area contributed by atoms with Crippen LogP contribution in [0.25, 0.3) is 0 Å². The molecular formula is C27H34Cl2N4O8. The van der Waals surface area contributed by atoms with Crippen LogP contribution < -0.4 is 15.4 Å². The third kappa shape index (κ3) is 7.46. The zero-order valence-electron chi connectivity index (χ0n) is 22.5. The molecule has 3 heterocycles. The third-order valence-electron chi connectivity index (χ3n) is 7.25. The van der Waals surface area contributed by atoms with Gasteiger partial charge in [-0.15, -0.1) is 0 Å². The number of likely N-dealkylation sites (tertiary alicyclic amines) is 1. The van der Waals surface area contributed by atoms with Gasteiger partial charge in [-0.25, -0.2) is 4.98 Å². The molecule has 2 aromatic rings. The van der Waals surface area contributed by atoms with Gasteiger partial charge >= 0.3 is 0 Å². The molecule has 0 saturated carbocycles. The molecule has 12 nitrogen and oxygen atoms in total. The van der Waals surface area contributed by atoms with Gasteiger partial charge in [0.1, 0.15) is 36.0 Å². The molecule has 4 rings (SSSR count). The number of aromatic nitrogens is 1. The van der Waals surface area contributed by atoms with Crippen LogP contribution >= 0.6 is 23.2 Å². The van der Waals surface area contributed by atoms with Crippen LogP contribution in [-0.2, 0) is 9.53 Å². The lowest BCUT2D eigenvalue weighted by atomic mass is 9.94. The summed E-state index contributed by atoms with van der Waals surface area (Å²) in [5.41, 5.74) is -0.115. The number of nitrogens with one attached hydrogen (secondary N) is 2. The van der Waals surface area contributed by atoms with Gasteiger partial charge in [-0.3, -0.25) is 9.59 Å². The van der Waals surface area contributed by atoms with Gasteiger partial charge < -0.3 is 45.4 Å². The van der Waals surface area contributed by atoms with E-state index >= 15 is 0 Å². The number of carbonyl (C=O) groups excluding carboxylic acids is 2. The lowest BCUT2D eigenvalue weighted by molar-refractivity contribution is -0.277. The van der Waals surface area contributed by atoms with Crippen molar-refractivity contribution in [1.29, 1.82) is 0 Å². The monoisotopic (exact) mass is 612 g/mol. The van der Waals surface area contributed by atoms with Crippen LogP contribution in [0, 0.1) is 5.92 Å². The molecular weight excluding hydrogens is 579 g/mol. The van der Waals surface area contributed by atoms with Crippen molar-refractivity contribution >= 4 is 46.5 Å². The average molecular weight is 613 g/mol. The minimum absolute atomic E-state index is 0.0471. The Hall–Kier alpha value is -2.55. The quantitative estimate of drug-likeness (QED) is 0.258. The Morgan fingerprint density at radius 3 is 2.39 bits per heavy atom. The summed E-state index contributed by atoms with van der Waals surface area (Å²) in [6.07, 6.45) is -5.27. The van der Waals surface area contributed by atoms with Gasteiger partial charge in [0.2, 0.25) is 12.2 Å². The molecule has 0 unspecified atom stereocenters. The van der Waals surface area contributed by atoms with Crippen LogP contribution in [0.1, 0.15) is 37.0 Å². The number of halogens is 2. The number of ether oxygens (including phenoxy) is 2. The number of benzene rings is 1. The summed E-state index contributed by atoms with van der Waals surface area (Å²) in [5.74, 6) is -1.30. The number of aliphatic hydroxyl groups is 4. The zero-order chi connectivity index (χ0) is 29.8. The molecule has 2 aliphatic rings. The van der Waals surface area contributed by atoms with Crippen molar-refractivity contribution in [2.45, 2.75) is 63.4 Å². The van der Waals surface area contributed by atoms with Crippen molar-refractivity contribution in [2.24, 2.45) is 5.92 Å². The van der Waals surface area contributed by atoms with E-state index in [9.17, 15) is 30.0 Å². The molecule has 0 aliphatic carbocycles. The molecule has 2 saturated heterocycles. The van der Waals surface area contributed by atoms with E-state index in [4.69, 9.17) is 32.7 Å². The zero-order valence-corrected chi connectivity index (χ0v) is 24.0. The van der Waals surface area contributed by atoms with Gasteiger partial charge in [0.05, 0.1) is 22.9 Å². The molecule has 2 amide bonds. The minimum Gasteiger partial charge on any atom is -0.460 e. The normalized spacial score (nSPS) is 25.6. The molecule has 2 fully saturated rings. The van der Waals surface area contributed by atoms with Gasteiger partial charge in [-0.05, 0) is 58.0 Å². The van der Waals surface area contributed by atoms with Gasteiger partial charge in [0.25, 0.3) is 5.91 Å². The van der Waals surface area contributed by atoms with E-state index in [0.29, 0.717) is 23.9 Å². The SMILES string of the molecule is CC(C)N1CCC(C(=O)Nc2c(O[C@@H]3O[C@H](CO)[C@@H](O)[C@H](O)[C@H]3O)cc(Cl)cc2C(=O)Nc2ccc(Cl)cn2)CC1. The molecule has 14 heteroatoms. The summed E-state index contributed by atoms with van der Waals surface area (Å²) in [6.45, 7) is 5.00. The van der Waals surface area contributed by atoms with Crippen molar-refractivity contribution in [3.63, 3.8) is 0 Å². The van der Waals surface area contributed by atoms with E-state index in [1.54, 1.807) is 6.07 Å². The second-order valence-corrected chi connectivity index (χ2v) is 11.2. The molecule has 6 N–H and O–H groups in total. The maximum absolute atomic E-state index is 13.4. The Morgan fingerprint density at radius 2 is 1.78 bits per heavy atom. The Bertz CT molecular complexity index is 1220. The number of nitrogens with zero attached hydrogens (tertiary/aromatic N) is 2. The Morgan fingerprint density at radius 1 is 1.07 bits per heavy atom. The summed E-state index contributed by atoms with van der Waals surface area (Å²) >= 11 is 12.2. The number of anilines is 2. The molecule has 2 aliphatic heterocycles. The average Bonchev–Trinajstić information content (AvgIpc) is 2.95. The van der Waals surface area contributed by atoms with E-state index < -0.39 is 43.2 Å². The van der Waals surface area contributed by atoms with Gasteiger partial charge in [-0.1, -0.05) is 23.2 Å². The van der Waals surface area contributed by atoms with Crippen molar-refractivity contribution in [3.8, 4) is 5.75 Å². The van der Waals surface area contributed by atoms with Crippen LogP contribution in [0.5, 0.6) is 5.75 Å². The number of aliphatic hydroxyl groups excluding tert-OH is 4. The highest BCUT2D eigenvalue weighted by atomic mass is 35.5. The third-order valence-corrected chi connectivity index (χ3v) is 7.69. The largest absolute Gasteiger partial charge is 0.460 e.